The number of hydrogen-bond acceptors (Lipinski definition) is 6. The number of nitrogens with zero attached hydrogens (tertiary/aromatic N) is 3. The Morgan fingerprint density at radius 2 is 1.64 bits per heavy atom. The largest absolute Gasteiger partial charge is 0.407 e. The summed E-state index contributed by atoms with van der Waals surface area (Å²) in [6.45, 7) is 0. The van der Waals surface area contributed by atoms with Crippen molar-refractivity contribution in [1.29, 1.82) is 0 Å². The van der Waals surface area contributed by atoms with Gasteiger partial charge in [-0.05, 0) is 61.6 Å². The molecule has 0 spiro atoms. The number of benzene rings is 3. The minimum Gasteiger partial charge on any atom is -0.351 e. The zero-order valence-electron chi connectivity index (χ0n) is 23.7. The van der Waals surface area contributed by atoms with Crippen LogP contribution >= 0.6 is 27.5 Å². The van der Waals surface area contributed by atoms with E-state index in [2.05, 4.69) is 36.5 Å². The predicted octanol–water partition coefficient (Wildman–Crippen LogP) is 8.37. The van der Waals surface area contributed by atoms with Crippen LogP contribution in [0.25, 0.3) is 22.2 Å². The zero-order valence-corrected chi connectivity index (χ0v) is 26.8. The Labute approximate surface area is 272 Å². The van der Waals surface area contributed by atoms with Crippen molar-refractivity contribution in [3.05, 3.63) is 106 Å². The average molecular weight is 719 g/mol. The fourth-order valence-electron chi connectivity index (χ4n) is 5.79. The molecule has 1 aliphatic carbocycles. The van der Waals surface area contributed by atoms with E-state index in [1.165, 1.54) is 40.6 Å². The lowest BCUT2D eigenvalue weighted by molar-refractivity contribution is -0.160. The second kappa shape index (κ2) is 12.7. The van der Waals surface area contributed by atoms with Gasteiger partial charge in [-0.2, -0.15) is 13.2 Å². The Morgan fingerprint density at radius 1 is 0.956 bits per heavy atom. The number of hydrogen-bond donors (Lipinski definition) is 2. The minimum absolute atomic E-state index is 0.141. The summed E-state index contributed by atoms with van der Waals surface area (Å²) >= 11 is 9.86. The first-order valence-electron chi connectivity index (χ1n) is 14.3. The third-order valence-corrected chi connectivity index (χ3v) is 10.4. The molecule has 2 aromatic heterocycles. The Kier molecular flexibility index (Phi) is 8.93. The standard InChI is InChI=1S/C32H28BrClF3N5O2S/c33-21-15-13-20(14-16-21)30(32(35,36)37)39-22-7-6-8-23(17-22)40-31-38-18-27(34)29(41-31)26-19-42(28-12-5-4-11-25(26)28)45(43,44)24-9-2-1-3-10-24/h1-5,9-16,18-19,22-23,30,39H,6-8,17H2,(H,38,40,41)/t22-,23+,30+/m0/s1. The van der Waals surface area contributed by atoms with Gasteiger partial charge in [-0.25, -0.2) is 22.4 Å². The number of halogens is 5. The van der Waals surface area contributed by atoms with Crippen LogP contribution in [0.4, 0.5) is 19.1 Å². The lowest BCUT2D eigenvalue weighted by Gasteiger charge is -2.34. The van der Waals surface area contributed by atoms with Gasteiger partial charge in [-0.15, -0.1) is 0 Å². The van der Waals surface area contributed by atoms with Gasteiger partial charge in [0.1, 0.15) is 6.04 Å². The summed E-state index contributed by atoms with van der Waals surface area (Å²) in [6, 6.07) is 19.0. The van der Waals surface area contributed by atoms with E-state index in [4.69, 9.17) is 11.6 Å². The molecule has 1 saturated carbocycles. The first-order chi connectivity index (χ1) is 21.5. The third-order valence-electron chi connectivity index (χ3n) is 7.92. The molecule has 13 heteroatoms. The summed E-state index contributed by atoms with van der Waals surface area (Å²) in [4.78, 5) is 9.15. The van der Waals surface area contributed by atoms with Crippen LogP contribution in [-0.2, 0) is 10.0 Å². The molecule has 45 heavy (non-hydrogen) atoms. The van der Waals surface area contributed by atoms with Gasteiger partial charge in [0.15, 0.2) is 0 Å². The molecule has 234 valence electrons. The molecule has 3 atom stereocenters. The fourth-order valence-corrected chi connectivity index (χ4v) is 7.64. The molecule has 0 saturated heterocycles. The smallest absolute Gasteiger partial charge is 0.351 e. The van der Waals surface area contributed by atoms with Crippen molar-refractivity contribution < 1.29 is 21.6 Å². The van der Waals surface area contributed by atoms with E-state index >= 15 is 0 Å². The maximum Gasteiger partial charge on any atom is 0.407 e. The highest BCUT2D eigenvalue weighted by molar-refractivity contribution is 9.10. The van der Waals surface area contributed by atoms with Crippen molar-refractivity contribution in [1.82, 2.24) is 19.3 Å². The van der Waals surface area contributed by atoms with Crippen LogP contribution in [0, 0.1) is 0 Å². The second-order valence-electron chi connectivity index (χ2n) is 11.0. The molecule has 0 unspecified atom stereocenters. The second-order valence-corrected chi connectivity index (χ2v) is 14.1. The Bertz CT molecular complexity index is 1920. The summed E-state index contributed by atoms with van der Waals surface area (Å²) in [6.07, 6.45) is 0.952. The SMILES string of the molecule is O=S(=O)(c1ccccc1)n1cc(-c2nc(N[C@@H]3CCC[C@H](N[C@H](c4ccc(Br)cc4)C(F)(F)F)C3)ncc2Cl)c2ccccc21. The maximum absolute atomic E-state index is 14.1. The zero-order chi connectivity index (χ0) is 31.8. The fraction of sp³-hybridized carbons (Fsp3) is 0.250. The summed E-state index contributed by atoms with van der Waals surface area (Å²) < 4.78 is 71.3. The van der Waals surface area contributed by atoms with E-state index in [-0.39, 0.29) is 33.5 Å². The first-order valence-corrected chi connectivity index (χ1v) is 16.9. The van der Waals surface area contributed by atoms with Crippen LogP contribution in [0.1, 0.15) is 37.3 Å². The number of para-hydroxylation sites is 1. The molecule has 0 aliphatic heterocycles. The van der Waals surface area contributed by atoms with Crippen molar-refractivity contribution in [3.8, 4) is 11.3 Å². The number of anilines is 1. The van der Waals surface area contributed by atoms with E-state index in [0.717, 1.165) is 6.42 Å². The van der Waals surface area contributed by atoms with E-state index in [9.17, 15) is 21.6 Å². The van der Waals surface area contributed by atoms with Gasteiger partial charge in [-0.3, -0.25) is 5.32 Å². The molecule has 0 bridgehead atoms. The molecule has 1 fully saturated rings. The molecule has 6 rings (SSSR count). The van der Waals surface area contributed by atoms with Gasteiger partial charge in [0, 0.05) is 33.7 Å². The van der Waals surface area contributed by atoms with E-state index in [1.54, 1.807) is 54.6 Å². The number of fused-ring (bicyclic) bond motifs is 1. The summed E-state index contributed by atoms with van der Waals surface area (Å²) in [5.41, 5.74) is 1.46. The third kappa shape index (κ3) is 6.74. The maximum atomic E-state index is 14.1. The number of rotatable bonds is 8. The van der Waals surface area contributed by atoms with Crippen LogP contribution in [0.2, 0.25) is 5.02 Å². The Balaban J connectivity index is 1.26. The molecule has 3 aromatic carbocycles. The summed E-state index contributed by atoms with van der Waals surface area (Å²) in [5, 5.41) is 6.99. The minimum atomic E-state index is -4.46. The summed E-state index contributed by atoms with van der Waals surface area (Å²) in [5.74, 6) is 0.253. The van der Waals surface area contributed by atoms with Crippen molar-refractivity contribution >= 4 is 54.4 Å². The highest BCUT2D eigenvalue weighted by Crippen LogP contribution is 2.37. The van der Waals surface area contributed by atoms with Crippen LogP contribution in [0.15, 0.2) is 101 Å². The predicted molar refractivity (Wildman–Crippen MR) is 173 cm³/mol. The number of alkyl halides is 3. The Hall–Kier alpha value is -3.45. The normalized spacial score (nSPS) is 18.2. The molecule has 0 amide bonds. The molecule has 5 aromatic rings. The van der Waals surface area contributed by atoms with Crippen LogP contribution in [-0.4, -0.2) is 40.6 Å². The Morgan fingerprint density at radius 3 is 2.38 bits per heavy atom. The average Bonchev–Trinajstić information content (AvgIpc) is 3.42. The van der Waals surface area contributed by atoms with Gasteiger partial charge in [0.2, 0.25) is 5.95 Å². The highest BCUT2D eigenvalue weighted by Gasteiger charge is 2.42. The van der Waals surface area contributed by atoms with Crippen LogP contribution < -0.4 is 10.6 Å². The van der Waals surface area contributed by atoms with Crippen molar-refractivity contribution in [2.75, 3.05) is 5.32 Å². The molecular weight excluding hydrogens is 691 g/mol. The molecule has 1 aliphatic rings. The quantitative estimate of drug-likeness (QED) is 0.168. The van der Waals surface area contributed by atoms with E-state index < -0.39 is 22.2 Å². The van der Waals surface area contributed by atoms with E-state index in [1.807, 2.05) is 0 Å². The van der Waals surface area contributed by atoms with Gasteiger partial charge >= 0.3 is 6.18 Å². The van der Waals surface area contributed by atoms with Gasteiger partial charge in [0.25, 0.3) is 10.0 Å². The van der Waals surface area contributed by atoms with Crippen molar-refractivity contribution in [2.45, 2.75) is 54.9 Å². The molecule has 7 nitrogen and oxygen atoms in total. The topological polar surface area (TPSA) is 88.9 Å². The van der Waals surface area contributed by atoms with E-state index in [0.29, 0.717) is 45.9 Å². The highest BCUT2D eigenvalue weighted by atomic mass is 79.9. The molecular formula is C32H28BrClF3N5O2S. The van der Waals surface area contributed by atoms with Crippen molar-refractivity contribution in [3.63, 3.8) is 0 Å². The lowest BCUT2D eigenvalue weighted by Crippen LogP contribution is -2.45. The number of nitrogens with one attached hydrogen (secondary N) is 2. The molecule has 2 N–H and O–H groups in total. The monoisotopic (exact) mass is 717 g/mol. The van der Waals surface area contributed by atoms with Crippen LogP contribution in [0.3, 0.4) is 0 Å². The molecule has 2 heterocycles. The van der Waals surface area contributed by atoms with Crippen LogP contribution in [0.5, 0.6) is 0 Å². The van der Waals surface area contributed by atoms with Crippen molar-refractivity contribution in [2.24, 2.45) is 0 Å². The number of aromatic nitrogens is 3. The lowest BCUT2D eigenvalue weighted by atomic mass is 9.90. The van der Waals surface area contributed by atoms with Gasteiger partial charge < -0.3 is 5.32 Å². The van der Waals surface area contributed by atoms with Gasteiger partial charge in [-0.1, -0.05) is 76.1 Å². The molecule has 0 radical (unpaired) electrons. The first kappa shape index (κ1) is 31.5. The summed E-state index contributed by atoms with van der Waals surface area (Å²) in [7, 11) is -3.92. The van der Waals surface area contributed by atoms with Gasteiger partial charge in [0.05, 0.1) is 27.3 Å².